The summed E-state index contributed by atoms with van der Waals surface area (Å²) in [6, 6.07) is 0. The fourth-order valence-corrected chi connectivity index (χ4v) is 0.143. The molecule has 62 valence electrons. The summed E-state index contributed by atoms with van der Waals surface area (Å²) in [5.41, 5.74) is 1.22. The van der Waals surface area contributed by atoms with E-state index in [4.69, 9.17) is 21.8 Å². The van der Waals surface area contributed by atoms with Crippen LogP contribution in [0.4, 0.5) is 0 Å². The Bertz CT molecular complexity index is 157. The summed E-state index contributed by atoms with van der Waals surface area (Å²) in [7, 11) is 0. The largest absolute Gasteiger partial charge is 0.478 e. The fraction of sp³-hybridized carbons (Fsp3) is 0. The van der Waals surface area contributed by atoms with E-state index in [-0.39, 0.29) is 0 Å². The normalized spacial score (nSPS) is 8.09. The molecule has 4 nitrogen and oxygen atoms in total. The quantitative estimate of drug-likeness (QED) is 0.621. The van der Waals surface area contributed by atoms with Crippen LogP contribution in [-0.4, -0.2) is 22.2 Å². The molecule has 0 aromatic carbocycles. The van der Waals surface area contributed by atoms with Crippen molar-refractivity contribution >= 4 is 23.5 Å². The molecule has 0 aliphatic heterocycles. The molecule has 0 rings (SSSR count). The highest BCUT2D eigenvalue weighted by molar-refractivity contribution is 6.25. The number of rotatable bonds is 2. The Morgan fingerprint density at radius 2 is 1.36 bits per heavy atom. The summed E-state index contributed by atoms with van der Waals surface area (Å²) in [4.78, 5) is 19.1. The van der Waals surface area contributed by atoms with Crippen molar-refractivity contribution in [1.29, 1.82) is 0 Å². The number of aliphatic carboxylic acids is 2. The molecule has 0 amide bonds. The van der Waals surface area contributed by atoms with E-state index in [0.717, 1.165) is 0 Å². The fourth-order valence-electron chi connectivity index (χ4n) is 0.143. The van der Waals surface area contributed by atoms with Crippen molar-refractivity contribution in [3.05, 3.63) is 24.3 Å². The third kappa shape index (κ3) is 28.5. The van der Waals surface area contributed by atoms with Crippen LogP contribution in [0.1, 0.15) is 0 Å². The highest BCUT2D eigenvalue weighted by Crippen LogP contribution is 1.70. The first-order valence-electron chi connectivity index (χ1n) is 2.39. The smallest absolute Gasteiger partial charge is 0.328 e. The molecule has 0 saturated heterocycles. The van der Waals surface area contributed by atoms with E-state index in [2.05, 4.69) is 6.58 Å². The maximum atomic E-state index is 9.55. The van der Waals surface area contributed by atoms with E-state index < -0.39 is 11.9 Å². The van der Waals surface area contributed by atoms with Crippen LogP contribution in [0.2, 0.25) is 0 Å². The molecule has 0 aromatic heterocycles. The molecule has 0 aromatic rings. The number of hydrogen-bond acceptors (Lipinski definition) is 2. The molecule has 0 atom stereocenters. The molecule has 0 saturated carbocycles. The van der Waals surface area contributed by atoms with Crippen LogP contribution >= 0.6 is 11.6 Å². The van der Waals surface area contributed by atoms with Gasteiger partial charge in [-0.15, -0.1) is 0 Å². The minimum atomic E-state index is -1.26. The summed E-state index contributed by atoms with van der Waals surface area (Å²) in [5, 5.41) is 15.6. The molecule has 0 fully saturated rings. The van der Waals surface area contributed by atoms with Gasteiger partial charge in [-0.3, -0.25) is 0 Å². The Morgan fingerprint density at radius 3 is 1.45 bits per heavy atom. The molecule has 2 N–H and O–H groups in total. The van der Waals surface area contributed by atoms with Gasteiger partial charge in [-0.2, -0.15) is 0 Å². The van der Waals surface area contributed by atoms with Gasteiger partial charge < -0.3 is 10.2 Å². The number of carboxylic acids is 2. The lowest BCUT2D eigenvalue weighted by molar-refractivity contribution is -0.134. The minimum Gasteiger partial charge on any atom is -0.478 e. The van der Waals surface area contributed by atoms with E-state index in [1.807, 2.05) is 0 Å². The lowest BCUT2D eigenvalue weighted by atomic mass is 10.5. The van der Waals surface area contributed by atoms with Gasteiger partial charge in [0.2, 0.25) is 0 Å². The molecule has 0 aliphatic rings. The third-order valence-electron chi connectivity index (χ3n) is 0.368. The lowest BCUT2D eigenvalue weighted by Gasteiger charge is -1.74. The number of carbonyl (C=O) groups is 2. The molecule has 0 bridgehead atoms. The van der Waals surface area contributed by atoms with Crippen molar-refractivity contribution in [2.24, 2.45) is 0 Å². The van der Waals surface area contributed by atoms with Crippen LogP contribution in [-0.2, 0) is 9.59 Å². The van der Waals surface area contributed by atoms with Gasteiger partial charge in [-0.25, -0.2) is 9.59 Å². The molecular weight excluding hydrogens is 172 g/mol. The first-order chi connectivity index (χ1) is 5.04. The maximum absolute atomic E-state index is 9.55. The van der Waals surface area contributed by atoms with E-state index in [1.165, 1.54) is 5.54 Å². The average Bonchev–Trinajstić information content (AvgIpc) is 1.85. The molecule has 0 spiro atoms. The zero-order chi connectivity index (χ0) is 9.28. The Morgan fingerprint density at radius 1 is 1.18 bits per heavy atom. The van der Waals surface area contributed by atoms with Gasteiger partial charge in [0.15, 0.2) is 0 Å². The second-order valence-electron chi connectivity index (χ2n) is 1.16. The zero-order valence-corrected chi connectivity index (χ0v) is 6.28. The van der Waals surface area contributed by atoms with Crippen molar-refractivity contribution < 1.29 is 19.8 Å². The monoisotopic (exact) mass is 178 g/mol. The van der Waals surface area contributed by atoms with E-state index in [1.54, 1.807) is 0 Å². The molecular formula is C6H7ClO4. The summed E-state index contributed by atoms with van der Waals surface area (Å²) in [5.74, 6) is -2.51. The Balaban J connectivity index is 0. The van der Waals surface area contributed by atoms with Crippen molar-refractivity contribution in [3.8, 4) is 0 Å². The van der Waals surface area contributed by atoms with Crippen LogP contribution in [0.25, 0.3) is 0 Å². The lowest BCUT2D eigenvalue weighted by Crippen LogP contribution is -1.91. The first-order valence-corrected chi connectivity index (χ1v) is 2.83. The number of carboxylic acid groups (broad SMARTS) is 2. The van der Waals surface area contributed by atoms with Crippen molar-refractivity contribution in [2.45, 2.75) is 0 Å². The van der Waals surface area contributed by atoms with Crippen LogP contribution in [0, 0.1) is 0 Å². The third-order valence-corrected chi connectivity index (χ3v) is 0.368. The topological polar surface area (TPSA) is 74.6 Å². The molecule has 11 heavy (non-hydrogen) atoms. The van der Waals surface area contributed by atoms with Gasteiger partial charge in [0.05, 0.1) is 0 Å². The van der Waals surface area contributed by atoms with Gasteiger partial charge in [-0.05, 0) is 5.54 Å². The Labute approximate surface area is 68.4 Å². The van der Waals surface area contributed by atoms with Gasteiger partial charge in [-0.1, -0.05) is 18.2 Å². The predicted octanol–water partition coefficient (Wildman–Crippen LogP) is 1.08. The van der Waals surface area contributed by atoms with Crippen LogP contribution < -0.4 is 0 Å². The van der Waals surface area contributed by atoms with Gasteiger partial charge >= 0.3 is 11.9 Å². The van der Waals surface area contributed by atoms with Crippen molar-refractivity contribution in [1.82, 2.24) is 0 Å². The second-order valence-corrected chi connectivity index (χ2v) is 1.47. The van der Waals surface area contributed by atoms with Gasteiger partial charge in [0.25, 0.3) is 0 Å². The highest BCUT2D eigenvalue weighted by Gasteiger charge is 1.88. The van der Waals surface area contributed by atoms with E-state index in [0.29, 0.717) is 12.2 Å². The zero-order valence-electron chi connectivity index (χ0n) is 5.53. The highest BCUT2D eigenvalue weighted by atomic mass is 35.5. The molecule has 0 heterocycles. The second kappa shape index (κ2) is 8.71. The molecule has 0 radical (unpaired) electrons. The van der Waals surface area contributed by atoms with Gasteiger partial charge in [0.1, 0.15) is 0 Å². The standard InChI is InChI=1S/C4H4O4.C2H3Cl/c5-3(6)1-2-4(7)8;1-2-3/h1-2H,(H,5,6)(H,7,8);2H,1H2/b2-1+;. The van der Waals surface area contributed by atoms with Gasteiger partial charge in [0, 0.05) is 12.2 Å². The Hall–Kier alpha value is -1.29. The van der Waals surface area contributed by atoms with E-state index in [9.17, 15) is 9.59 Å². The minimum absolute atomic E-state index is 0.558. The molecule has 0 aliphatic carbocycles. The van der Waals surface area contributed by atoms with Crippen LogP contribution in [0.15, 0.2) is 24.3 Å². The summed E-state index contributed by atoms with van der Waals surface area (Å²) in [6.45, 7) is 3.13. The first kappa shape index (κ1) is 12.4. The average molecular weight is 179 g/mol. The van der Waals surface area contributed by atoms with Crippen LogP contribution in [0.5, 0.6) is 0 Å². The Kier molecular flexibility index (Phi) is 9.81. The number of hydrogen-bond donors (Lipinski definition) is 2. The maximum Gasteiger partial charge on any atom is 0.328 e. The molecule has 5 heteroatoms. The van der Waals surface area contributed by atoms with Crippen molar-refractivity contribution in [2.75, 3.05) is 0 Å². The molecule has 0 unspecified atom stereocenters. The van der Waals surface area contributed by atoms with E-state index >= 15 is 0 Å². The SMILES string of the molecule is C=CCl.O=C(O)/C=C/C(=O)O. The predicted molar refractivity (Wildman–Crippen MR) is 40.5 cm³/mol. The van der Waals surface area contributed by atoms with Crippen molar-refractivity contribution in [3.63, 3.8) is 0 Å². The summed E-state index contributed by atoms with van der Waals surface area (Å²) >= 11 is 4.76. The summed E-state index contributed by atoms with van der Waals surface area (Å²) in [6.07, 6.45) is 1.12. The number of halogens is 1. The van der Waals surface area contributed by atoms with Crippen LogP contribution in [0.3, 0.4) is 0 Å². The summed E-state index contributed by atoms with van der Waals surface area (Å²) < 4.78 is 0.